The lowest BCUT2D eigenvalue weighted by Crippen LogP contribution is -2.33. The van der Waals surface area contributed by atoms with Crippen molar-refractivity contribution in [1.82, 2.24) is 20.3 Å². The second kappa shape index (κ2) is 5.15. The molecular weight excluding hydrogens is 224 g/mol. The number of nitrogens with one attached hydrogen (secondary N) is 1. The van der Waals surface area contributed by atoms with E-state index in [4.69, 9.17) is 11.6 Å². The topological polar surface area (TPSA) is 42.7 Å². The molecule has 1 saturated carbocycles. The molecule has 0 aromatic carbocycles. The first kappa shape index (κ1) is 11.9. The van der Waals surface area contributed by atoms with Crippen LogP contribution in [0.5, 0.6) is 0 Å². The number of hydrogen-bond donors (Lipinski definition) is 1. The first-order valence-electron chi connectivity index (χ1n) is 5.86. The largest absolute Gasteiger partial charge is 0.310 e. The van der Waals surface area contributed by atoms with Gasteiger partial charge in [-0.15, -0.1) is 16.7 Å². The Morgan fingerprint density at radius 2 is 2.25 bits per heavy atom. The molecular formula is C11H19ClN4. The SMILES string of the molecule is Cn1cc(CNCC2(CCl)CCCC2)nn1. The number of halogens is 1. The summed E-state index contributed by atoms with van der Waals surface area (Å²) in [6, 6.07) is 0. The van der Waals surface area contributed by atoms with Crippen LogP contribution in [0.3, 0.4) is 0 Å². The summed E-state index contributed by atoms with van der Waals surface area (Å²) >= 11 is 6.08. The fourth-order valence-electron chi connectivity index (χ4n) is 2.41. The standard InChI is InChI=1S/C11H19ClN4/c1-16-7-10(14-15-16)6-13-9-11(8-12)4-2-3-5-11/h7,13H,2-6,8-9H2,1H3. The van der Waals surface area contributed by atoms with Gasteiger partial charge in [0.2, 0.25) is 0 Å². The molecule has 1 aromatic heterocycles. The normalized spacial score (nSPS) is 19.1. The van der Waals surface area contributed by atoms with Gasteiger partial charge in [-0.1, -0.05) is 18.1 Å². The van der Waals surface area contributed by atoms with E-state index in [2.05, 4.69) is 15.6 Å². The zero-order valence-corrected chi connectivity index (χ0v) is 10.5. The van der Waals surface area contributed by atoms with Gasteiger partial charge in [0.25, 0.3) is 0 Å². The molecule has 0 saturated heterocycles. The second-order valence-electron chi connectivity index (χ2n) is 4.83. The van der Waals surface area contributed by atoms with Crippen LogP contribution in [-0.4, -0.2) is 27.4 Å². The van der Waals surface area contributed by atoms with Crippen LogP contribution < -0.4 is 5.32 Å². The van der Waals surface area contributed by atoms with E-state index >= 15 is 0 Å². The summed E-state index contributed by atoms with van der Waals surface area (Å²) in [4.78, 5) is 0. The van der Waals surface area contributed by atoms with Crippen molar-refractivity contribution >= 4 is 11.6 Å². The molecule has 1 fully saturated rings. The first-order valence-corrected chi connectivity index (χ1v) is 6.39. The summed E-state index contributed by atoms with van der Waals surface area (Å²) in [7, 11) is 1.88. The third-order valence-corrected chi connectivity index (χ3v) is 3.97. The Kier molecular flexibility index (Phi) is 3.82. The molecule has 1 aliphatic rings. The minimum absolute atomic E-state index is 0.323. The van der Waals surface area contributed by atoms with Crippen LogP contribution in [-0.2, 0) is 13.6 Å². The summed E-state index contributed by atoms with van der Waals surface area (Å²) in [5.74, 6) is 0.764. The number of alkyl halides is 1. The van der Waals surface area contributed by atoms with E-state index in [-0.39, 0.29) is 0 Å². The zero-order chi connectivity index (χ0) is 11.4. The molecule has 1 aromatic rings. The van der Waals surface area contributed by atoms with E-state index in [9.17, 15) is 0 Å². The van der Waals surface area contributed by atoms with Crippen molar-refractivity contribution in [2.45, 2.75) is 32.2 Å². The van der Waals surface area contributed by atoms with Crippen LogP contribution in [0.4, 0.5) is 0 Å². The highest BCUT2D eigenvalue weighted by molar-refractivity contribution is 6.18. The highest BCUT2D eigenvalue weighted by atomic mass is 35.5. The molecule has 1 heterocycles. The molecule has 2 rings (SSSR count). The van der Waals surface area contributed by atoms with E-state index in [0.717, 1.165) is 24.7 Å². The summed E-state index contributed by atoms with van der Waals surface area (Å²) in [5, 5.41) is 11.4. The van der Waals surface area contributed by atoms with Gasteiger partial charge in [-0.25, -0.2) is 0 Å². The molecule has 4 nitrogen and oxygen atoms in total. The predicted molar refractivity (Wildman–Crippen MR) is 64.3 cm³/mol. The van der Waals surface area contributed by atoms with Crippen molar-refractivity contribution in [3.05, 3.63) is 11.9 Å². The predicted octanol–water partition coefficient (Wildman–Crippen LogP) is 1.70. The van der Waals surface area contributed by atoms with Crippen LogP contribution in [0, 0.1) is 5.41 Å². The molecule has 1 aliphatic carbocycles. The monoisotopic (exact) mass is 242 g/mol. The Balaban J connectivity index is 1.78. The smallest absolute Gasteiger partial charge is 0.0964 e. The third-order valence-electron chi connectivity index (χ3n) is 3.40. The maximum Gasteiger partial charge on any atom is 0.0964 e. The van der Waals surface area contributed by atoms with Gasteiger partial charge in [0.05, 0.1) is 5.69 Å². The van der Waals surface area contributed by atoms with Crippen LogP contribution >= 0.6 is 11.6 Å². The molecule has 0 spiro atoms. The maximum atomic E-state index is 6.08. The summed E-state index contributed by atoms with van der Waals surface area (Å²) in [6.45, 7) is 1.78. The Morgan fingerprint density at radius 1 is 1.50 bits per heavy atom. The van der Waals surface area contributed by atoms with Crippen molar-refractivity contribution in [3.8, 4) is 0 Å². The van der Waals surface area contributed by atoms with Crippen LogP contribution in [0.2, 0.25) is 0 Å². The quantitative estimate of drug-likeness (QED) is 0.800. The summed E-state index contributed by atoms with van der Waals surface area (Å²) in [5.41, 5.74) is 1.31. The minimum Gasteiger partial charge on any atom is -0.310 e. The molecule has 0 aliphatic heterocycles. The molecule has 1 N–H and O–H groups in total. The van der Waals surface area contributed by atoms with Crippen molar-refractivity contribution in [2.75, 3.05) is 12.4 Å². The van der Waals surface area contributed by atoms with Gasteiger partial charge in [-0.05, 0) is 18.3 Å². The Morgan fingerprint density at radius 3 is 2.81 bits per heavy atom. The van der Waals surface area contributed by atoms with E-state index < -0.39 is 0 Å². The summed E-state index contributed by atoms with van der Waals surface area (Å²) in [6.07, 6.45) is 7.09. The number of aryl methyl sites for hydroxylation is 1. The van der Waals surface area contributed by atoms with Gasteiger partial charge in [0.1, 0.15) is 0 Å². The molecule has 0 atom stereocenters. The van der Waals surface area contributed by atoms with E-state index in [1.54, 1.807) is 4.68 Å². The van der Waals surface area contributed by atoms with Gasteiger partial charge < -0.3 is 5.32 Å². The Hall–Kier alpha value is -0.610. The maximum absolute atomic E-state index is 6.08. The highest BCUT2D eigenvalue weighted by Gasteiger charge is 2.32. The van der Waals surface area contributed by atoms with Gasteiger partial charge in [0.15, 0.2) is 0 Å². The lowest BCUT2D eigenvalue weighted by molar-refractivity contribution is 0.319. The van der Waals surface area contributed by atoms with Crippen molar-refractivity contribution in [1.29, 1.82) is 0 Å². The number of aromatic nitrogens is 3. The number of hydrogen-bond acceptors (Lipinski definition) is 3. The van der Waals surface area contributed by atoms with E-state index in [0.29, 0.717) is 5.41 Å². The Bertz CT molecular complexity index is 330. The van der Waals surface area contributed by atoms with Crippen LogP contribution in [0.25, 0.3) is 0 Å². The first-order chi connectivity index (χ1) is 7.74. The average Bonchev–Trinajstić information content (AvgIpc) is 2.89. The molecule has 0 amide bonds. The molecule has 0 unspecified atom stereocenters. The number of nitrogens with zero attached hydrogens (tertiary/aromatic N) is 3. The molecule has 0 bridgehead atoms. The zero-order valence-electron chi connectivity index (χ0n) is 9.75. The van der Waals surface area contributed by atoms with Crippen molar-refractivity contribution in [2.24, 2.45) is 12.5 Å². The van der Waals surface area contributed by atoms with Crippen molar-refractivity contribution in [3.63, 3.8) is 0 Å². The van der Waals surface area contributed by atoms with E-state index in [1.165, 1.54) is 25.7 Å². The lowest BCUT2D eigenvalue weighted by atomic mass is 9.88. The van der Waals surface area contributed by atoms with Gasteiger partial charge in [-0.2, -0.15) is 0 Å². The summed E-state index contributed by atoms with van der Waals surface area (Å²) < 4.78 is 1.73. The molecule has 90 valence electrons. The Labute approximate surface area is 101 Å². The highest BCUT2D eigenvalue weighted by Crippen LogP contribution is 2.38. The van der Waals surface area contributed by atoms with E-state index in [1.807, 2.05) is 13.2 Å². The van der Waals surface area contributed by atoms with Crippen LogP contribution in [0.15, 0.2) is 6.20 Å². The molecule has 16 heavy (non-hydrogen) atoms. The van der Waals surface area contributed by atoms with Gasteiger partial charge in [0, 0.05) is 32.2 Å². The lowest BCUT2D eigenvalue weighted by Gasteiger charge is -2.26. The second-order valence-corrected chi connectivity index (χ2v) is 5.10. The fourth-order valence-corrected chi connectivity index (χ4v) is 2.78. The molecule has 5 heteroatoms. The van der Waals surface area contributed by atoms with Gasteiger partial charge >= 0.3 is 0 Å². The fraction of sp³-hybridized carbons (Fsp3) is 0.818. The average molecular weight is 243 g/mol. The third kappa shape index (κ3) is 2.74. The molecule has 0 radical (unpaired) electrons. The minimum atomic E-state index is 0.323. The van der Waals surface area contributed by atoms with Crippen LogP contribution in [0.1, 0.15) is 31.4 Å². The number of rotatable bonds is 5. The van der Waals surface area contributed by atoms with Crippen molar-refractivity contribution < 1.29 is 0 Å². The van der Waals surface area contributed by atoms with Gasteiger partial charge in [-0.3, -0.25) is 4.68 Å².